The third-order valence-corrected chi connectivity index (χ3v) is 1.82. The van der Waals surface area contributed by atoms with Gasteiger partial charge in [0.15, 0.2) is 0 Å². The summed E-state index contributed by atoms with van der Waals surface area (Å²) in [5.74, 6) is -1.68. The zero-order valence-corrected chi connectivity index (χ0v) is 7.48. The minimum atomic E-state index is -0.850. The first kappa shape index (κ1) is 8.86. The molecule has 1 aliphatic heterocycles. The van der Waals surface area contributed by atoms with Crippen LogP contribution in [0.2, 0.25) is 0 Å². The summed E-state index contributed by atoms with van der Waals surface area (Å²) < 4.78 is 25.6. The molecule has 0 fully saturated rings. The summed E-state index contributed by atoms with van der Waals surface area (Å²) in [5, 5.41) is 5.31. The van der Waals surface area contributed by atoms with Crippen LogP contribution in [0, 0.1) is 11.9 Å². The summed E-state index contributed by atoms with van der Waals surface area (Å²) in [4.78, 5) is 4.84. The van der Waals surface area contributed by atoms with Crippen LogP contribution < -0.4 is 5.01 Å². The molecule has 1 aromatic rings. The van der Waals surface area contributed by atoms with Crippen molar-refractivity contribution in [1.82, 2.24) is 9.88 Å². The van der Waals surface area contributed by atoms with Crippen molar-refractivity contribution in [3.05, 3.63) is 24.0 Å². The van der Waals surface area contributed by atoms with Gasteiger partial charge in [0.1, 0.15) is 18.7 Å². The molecule has 74 valence electrons. The second-order valence-electron chi connectivity index (χ2n) is 2.97. The maximum absolute atomic E-state index is 13.1. The quantitative estimate of drug-likeness (QED) is 0.631. The highest BCUT2D eigenvalue weighted by Gasteiger charge is 2.17. The topological polar surface area (TPSA) is 31.7 Å². The van der Waals surface area contributed by atoms with E-state index in [1.54, 1.807) is 18.3 Å². The largest absolute Gasteiger partial charge is 0.345 e. The van der Waals surface area contributed by atoms with E-state index >= 15 is 0 Å². The summed E-state index contributed by atoms with van der Waals surface area (Å²) in [7, 11) is 1.80. The van der Waals surface area contributed by atoms with Gasteiger partial charge in [-0.05, 0) is 12.1 Å². The first-order chi connectivity index (χ1) is 6.66. The number of hydrazone groups is 1. The molecule has 0 bridgehead atoms. The van der Waals surface area contributed by atoms with Gasteiger partial charge in [0.2, 0.25) is 11.9 Å². The van der Waals surface area contributed by atoms with E-state index in [0.29, 0.717) is 6.67 Å². The number of anilines is 1. The Kier molecular flexibility index (Phi) is 2.03. The third kappa shape index (κ3) is 1.50. The molecule has 0 unspecified atom stereocenters. The number of aromatic nitrogens is 1. The van der Waals surface area contributed by atoms with Crippen molar-refractivity contribution in [2.24, 2.45) is 5.10 Å². The Morgan fingerprint density at radius 2 is 2.14 bits per heavy atom. The molecule has 14 heavy (non-hydrogen) atoms. The molecule has 1 aliphatic rings. The molecule has 1 aromatic heterocycles. The molecular formula is C8H8F2N4. The van der Waals surface area contributed by atoms with Crippen LogP contribution in [0.3, 0.4) is 0 Å². The first-order valence-corrected chi connectivity index (χ1v) is 4.01. The van der Waals surface area contributed by atoms with Gasteiger partial charge in [-0.25, -0.2) is 5.01 Å². The van der Waals surface area contributed by atoms with Gasteiger partial charge in [0.25, 0.3) is 0 Å². The van der Waals surface area contributed by atoms with Crippen LogP contribution in [0.5, 0.6) is 0 Å². The SMILES string of the molecule is CN1C=NN(c2ccc(F)nc2F)C1. The van der Waals surface area contributed by atoms with Crippen molar-refractivity contribution in [2.75, 3.05) is 18.7 Å². The number of rotatable bonds is 1. The molecule has 0 amide bonds. The maximum atomic E-state index is 13.1. The lowest BCUT2D eigenvalue weighted by atomic mass is 10.4. The molecule has 0 saturated heterocycles. The second-order valence-corrected chi connectivity index (χ2v) is 2.97. The lowest BCUT2D eigenvalue weighted by Gasteiger charge is -2.15. The predicted octanol–water partition coefficient (Wildman–Crippen LogP) is 1.01. The van der Waals surface area contributed by atoms with Crippen LogP contribution in [0.1, 0.15) is 0 Å². The Bertz CT molecular complexity index is 380. The number of hydrogen-bond acceptors (Lipinski definition) is 4. The fourth-order valence-corrected chi connectivity index (χ4v) is 1.17. The van der Waals surface area contributed by atoms with Crippen LogP contribution in [0.4, 0.5) is 14.5 Å². The molecule has 0 radical (unpaired) electrons. The number of hydrogen-bond donors (Lipinski definition) is 0. The Morgan fingerprint density at radius 1 is 1.36 bits per heavy atom. The van der Waals surface area contributed by atoms with Gasteiger partial charge in [-0.2, -0.15) is 18.9 Å². The van der Waals surface area contributed by atoms with Crippen LogP contribution in [0.25, 0.3) is 0 Å². The average molecular weight is 198 g/mol. The highest BCUT2D eigenvalue weighted by atomic mass is 19.1. The molecule has 0 N–H and O–H groups in total. The zero-order chi connectivity index (χ0) is 10.1. The van der Waals surface area contributed by atoms with Crippen molar-refractivity contribution in [3.63, 3.8) is 0 Å². The predicted molar refractivity (Wildman–Crippen MR) is 47.8 cm³/mol. The summed E-state index contributed by atoms with van der Waals surface area (Å²) in [6, 6.07) is 2.42. The Hall–Kier alpha value is -1.72. The summed E-state index contributed by atoms with van der Waals surface area (Å²) in [6.45, 7) is 0.435. The van der Waals surface area contributed by atoms with Gasteiger partial charge in [-0.3, -0.25) is 0 Å². The Balaban J connectivity index is 2.29. The first-order valence-electron chi connectivity index (χ1n) is 4.01. The molecule has 0 spiro atoms. The average Bonchev–Trinajstić information content (AvgIpc) is 2.51. The number of pyridine rings is 1. The monoisotopic (exact) mass is 198 g/mol. The second kappa shape index (κ2) is 3.21. The van der Waals surface area contributed by atoms with E-state index < -0.39 is 11.9 Å². The molecule has 0 aliphatic carbocycles. The van der Waals surface area contributed by atoms with Crippen LogP contribution >= 0.6 is 0 Å². The summed E-state index contributed by atoms with van der Waals surface area (Å²) >= 11 is 0. The van der Waals surface area contributed by atoms with Crippen molar-refractivity contribution < 1.29 is 8.78 Å². The molecule has 2 rings (SSSR count). The van der Waals surface area contributed by atoms with Crippen molar-refractivity contribution >= 4 is 12.0 Å². The van der Waals surface area contributed by atoms with E-state index in [1.165, 1.54) is 11.1 Å². The Morgan fingerprint density at radius 3 is 2.71 bits per heavy atom. The minimum Gasteiger partial charge on any atom is -0.345 e. The third-order valence-electron chi connectivity index (χ3n) is 1.82. The number of halogens is 2. The lowest BCUT2D eigenvalue weighted by Crippen LogP contribution is -2.23. The zero-order valence-electron chi connectivity index (χ0n) is 7.48. The fourth-order valence-electron chi connectivity index (χ4n) is 1.17. The van der Waals surface area contributed by atoms with Crippen LogP contribution in [0.15, 0.2) is 17.2 Å². The minimum absolute atomic E-state index is 0.173. The van der Waals surface area contributed by atoms with Gasteiger partial charge in [-0.1, -0.05) is 0 Å². The number of nitrogens with zero attached hydrogens (tertiary/aromatic N) is 4. The van der Waals surface area contributed by atoms with Crippen molar-refractivity contribution in [3.8, 4) is 0 Å². The molecule has 0 aromatic carbocycles. The van der Waals surface area contributed by atoms with E-state index in [4.69, 9.17) is 0 Å². The lowest BCUT2D eigenvalue weighted by molar-refractivity contribution is 0.501. The van der Waals surface area contributed by atoms with Gasteiger partial charge in [0, 0.05) is 7.05 Å². The van der Waals surface area contributed by atoms with E-state index in [9.17, 15) is 8.78 Å². The van der Waals surface area contributed by atoms with Gasteiger partial charge < -0.3 is 4.90 Å². The summed E-state index contributed by atoms with van der Waals surface area (Å²) in [5.41, 5.74) is 0.173. The van der Waals surface area contributed by atoms with E-state index in [0.717, 1.165) is 6.07 Å². The molecule has 0 saturated carbocycles. The van der Waals surface area contributed by atoms with Crippen LogP contribution in [-0.4, -0.2) is 29.9 Å². The molecule has 4 nitrogen and oxygen atoms in total. The van der Waals surface area contributed by atoms with Crippen molar-refractivity contribution in [2.45, 2.75) is 0 Å². The fraction of sp³-hybridized carbons (Fsp3) is 0.250. The molecule has 2 heterocycles. The molecule has 0 atom stereocenters. The normalized spacial score (nSPS) is 15.4. The van der Waals surface area contributed by atoms with E-state index in [-0.39, 0.29) is 5.69 Å². The van der Waals surface area contributed by atoms with E-state index in [1.807, 2.05) is 0 Å². The van der Waals surface area contributed by atoms with Crippen molar-refractivity contribution in [1.29, 1.82) is 0 Å². The summed E-state index contributed by atoms with van der Waals surface area (Å²) in [6.07, 6.45) is 1.56. The standard InChI is InChI=1S/C8H8F2N4/c1-13-4-11-14(5-13)6-2-3-7(9)12-8(6)10/h2-4H,5H2,1H3. The smallest absolute Gasteiger partial charge is 0.241 e. The molecule has 6 heteroatoms. The molecular weight excluding hydrogens is 190 g/mol. The highest BCUT2D eigenvalue weighted by Crippen LogP contribution is 2.19. The Labute approximate surface area is 79.5 Å². The maximum Gasteiger partial charge on any atom is 0.241 e. The van der Waals surface area contributed by atoms with E-state index in [2.05, 4.69) is 10.1 Å². The van der Waals surface area contributed by atoms with Crippen LogP contribution in [-0.2, 0) is 0 Å². The van der Waals surface area contributed by atoms with Gasteiger partial charge in [-0.15, -0.1) is 0 Å². The van der Waals surface area contributed by atoms with Gasteiger partial charge >= 0.3 is 0 Å². The highest BCUT2D eigenvalue weighted by molar-refractivity contribution is 5.62. The van der Waals surface area contributed by atoms with Gasteiger partial charge in [0.05, 0.1) is 0 Å².